The number of unbranched alkanes of at least 4 members (excludes halogenated alkanes) is 2. The van der Waals surface area contributed by atoms with Crippen molar-refractivity contribution in [2.45, 2.75) is 51.4 Å². The highest BCUT2D eigenvalue weighted by atomic mass is 79.9. The van der Waals surface area contributed by atoms with Crippen molar-refractivity contribution in [3.63, 3.8) is 0 Å². The monoisotopic (exact) mass is 874 g/mol. The summed E-state index contributed by atoms with van der Waals surface area (Å²) in [7, 11) is 6.30. The van der Waals surface area contributed by atoms with Crippen LogP contribution in [0.25, 0.3) is 43.1 Å². The normalized spacial score (nSPS) is 11.4. The van der Waals surface area contributed by atoms with Gasteiger partial charge in [0.15, 0.2) is 0 Å². The zero-order chi connectivity index (χ0) is 39.3. The molecule has 0 radical (unpaired) electrons. The fraction of sp³-hybridized carbons (Fsp3) is 0.250. The SMILES string of the molecule is COC(=O)c1cccc2cc3ccc(CCCCc4c(Br)c(OC)c(CCCCc5ccc6cc7cccc(C(=O)OC)c7cc6c5)c(Br)c4OC)cc3cc12. The molecule has 0 aliphatic rings. The van der Waals surface area contributed by atoms with Crippen molar-refractivity contribution in [1.82, 2.24) is 0 Å². The maximum atomic E-state index is 12.4. The molecule has 7 rings (SSSR count). The first-order valence-electron chi connectivity index (χ1n) is 18.9. The molecule has 0 amide bonds. The number of carbonyl (C=O) groups excluding carboxylic acids is 2. The molecule has 0 fully saturated rings. The van der Waals surface area contributed by atoms with Crippen molar-refractivity contribution in [3.05, 3.63) is 139 Å². The highest BCUT2D eigenvalue weighted by Crippen LogP contribution is 2.46. The number of hydrogen-bond donors (Lipinski definition) is 0. The molecule has 7 aromatic carbocycles. The van der Waals surface area contributed by atoms with E-state index in [0.29, 0.717) is 11.1 Å². The van der Waals surface area contributed by atoms with E-state index in [9.17, 15) is 9.59 Å². The quantitative estimate of drug-likeness (QED) is 0.0616. The first kappa shape index (κ1) is 39.3. The predicted octanol–water partition coefficient (Wildman–Crippen LogP) is 12.5. The minimum Gasteiger partial charge on any atom is -0.495 e. The molecule has 0 saturated carbocycles. The number of hydrogen-bond acceptors (Lipinski definition) is 6. The van der Waals surface area contributed by atoms with E-state index < -0.39 is 0 Å². The van der Waals surface area contributed by atoms with Crippen LogP contribution < -0.4 is 9.47 Å². The molecule has 7 aromatic rings. The molecular weight excluding hydrogens is 832 g/mol. The van der Waals surface area contributed by atoms with Gasteiger partial charge in [-0.1, -0.05) is 60.7 Å². The molecule has 0 N–H and O–H groups in total. The van der Waals surface area contributed by atoms with Crippen LogP contribution in [0, 0.1) is 0 Å². The number of methoxy groups -OCH3 is 4. The molecular formula is C48H44Br2O6. The molecule has 56 heavy (non-hydrogen) atoms. The third-order valence-corrected chi connectivity index (χ3v) is 12.5. The van der Waals surface area contributed by atoms with Crippen LogP contribution in [0.15, 0.2) is 106 Å². The Morgan fingerprint density at radius 3 is 1.27 bits per heavy atom. The fourth-order valence-corrected chi connectivity index (χ4v) is 9.47. The van der Waals surface area contributed by atoms with E-state index in [4.69, 9.17) is 18.9 Å². The summed E-state index contributed by atoms with van der Waals surface area (Å²) in [5, 5.41) is 8.37. The van der Waals surface area contributed by atoms with E-state index in [2.05, 4.69) is 92.5 Å². The summed E-state index contributed by atoms with van der Waals surface area (Å²) in [6.45, 7) is 0. The van der Waals surface area contributed by atoms with Gasteiger partial charge in [-0.3, -0.25) is 0 Å². The van der Waals surface area contributed by atoms with Gasteiger partial charge < -0.3 is 18.9 Å². The van der Waals surface area contributed by atoms with Gasteiger partial charge in [0.05, 0.1) is 48.5 Å². The highest BCUT2D eigenvalue weighted by Gasteiger charge is 2.23. The average Bonchev–Trinajstić information content (AvgIpc) is 3.22. The summed E-state index contributed by atoms with van der Waals surface area (Å²) < 4.78 is 24.0. The number of carbonyl (C=O) groups is 2. The van der Waals surface area contributed by atoms with Gasteiger partial charge in [-0.25, -0.2) is 9.59 Å². The Hall–Kier alpha value is -4.92. The van der Waals surface area contributed by atoms with E-state index in [1.165, 1.54) is 25.3 Å². The fourth-order valence-electron chi connectivity index (χ4n) is 7.91. The number of benzene rings is 7. The van der Waals surface area contributed by atoms with Crippen molar-refractivity contribution >= 4 is 86.9 Å². The van der Waals surface area contributed by atoms with Crippen LogP contribution in [0.2, 0.25) is 0 Å². The highest BCUT2D eigenvalue weighted by molar-refractivity contribution is 9.11. The van der Waals surface area contributed by atoms with E-state index in [-0.39, 0.29) is 11.9 Å². The Labute approximate surface area is 344 Å². The molecule has 8 heteroatoms. The average molecular weight is 877 g/mol. The smallest absolute Gasteiger partial charge is 0.338 e. The topological polar surface area (TPSA) is 71.1 Å². The second kappa shape index (κ2) is 17.5. The summed E-state index contributed by atoms with van der Waals surface area (Å²) in [5.41, 5.74) is 5.88. The Balaban J connectivity index is 1.00. The lowest BCUT2D eigenvalue weighted by Crippen LogP contribution is -2.04. The molecule has 6 nitrogen and oxygen atoms in total. The summed E-state index contributed by atoms with van der Waals surface area (Å²) in [4.78, 5) is 24.8. The first-order valence-corrected chi connectivity index (χ1v) is 20.5. The van der Waals surface area contributed by atoms with Gasteiger partial charge in [0.1, 0.15) is 11.5 Å². The van der Waals surface area contributed by atoms with Crippen LogP contribution in [0.4, 0.5) is 0 Å². The number of ether oxygens (including phenoxy) is 4. The van der Waals surface area contributed by atoms with Gasteiger partial charge in [-0.05, 0) is 174 Å². The minimum absolute atomic E-state index is 0.325. The van der Waals surface area contributed by atoms with Crippen molar-refractivity contribution < 1.29 is 28.5 Å². The third kappa shape index (κ3) is 8.00. The summed E-state index contributed by atoms with van der Waals surface area (Å²) in [6, 6.07) is 33.2. The van der Waals surface area contributed by atoms with Crippen molar-refractivity contribution in [2.75, 3.05) is 28.4 Å². The molecule has 0 bridgehead atoms. The van der Waals surface area contributed by atoms with Crippen molar-refractivity contribution in [2.24, 2.45) is 0 Å². The minimum atomic E-state index is -0.325. The van der Waals surface area contributed by atoms with E-state index in [0.717, 1.165) is 126 Å². The number of rotatable bonds is 14. The standard InChI is InChI=1S/C48H44Br2O6/c1-53-45-39(15-7-5-11-29-19-21-31-25-33-13-9-17-37(47(51)55-3)41(33)27-35(31)23-29)44(50)46(54-2)40(43(45)49)16-8-6-12-30-20-22-32-26-34-14-10-18-38(48(52)56-4)42(34)28-36(32)24-30/h9-10,13-14,17-28H,5-8,11-12,15-16H2,1-4H3. The lowest BCUT2D eigenvalue weighted by Gasteiger charge is -2.20. The summed E-state index contributed by atoms with van der Waals surface area (Å²) in [6.07, 6.45) is 7.48. The van der Waals surface area contributed by atoms with Gasteiger partial charge in [0.25, 0.3) is 0 Å². The number of halogens is 2. The Kier molecular flexibility index (Phi) is 12.3. The zero-order valence-electron chi connectivity index (χ0n) is 32.1. The molecule has 0 unspecified atom stereocenters. The molecule has 0 aliphatic heterocycles. The van der Waals surface area contributed by atoms with Gasteiger partial charge in [-0.2, -0.15) is 0 Å². The van der Waals surface area contributed by atoms with Crippen molar-refractivity contribution in [1.29, 1.82) is 0 Å². The van der Waals surface area contributed by atoms with Crippen LogP contribution in [-0.4, -0.2) is 40.4 Å². The second-order valence-electron chi connectivity index (χ2n) is 14.2. The third-order valence-electron chi connectivity index (χ3n) is 10.8. The number of aryl methyl sites for hydroxylation is 2. The predicted molar refractivity (Wildman–Crippen MR) is 234 cm³/mol. The van der Waals surface area contributed by atoms with Crippen LogP contribution >= 0.6 is 31.9 Å². The summed E-state index contributed by atoms with van der Waals surface area (Å²) in [5.74, 6) is 1.04. The molecule has 0 aliphatic carbocycles. The van der Waals surface area contributed by atoms with Gasteiger partial charge in [0, 0.05) is 11.1 Å². The van der Waals surface area contributed by atoms with Crippen LogP contribution in [0.1, 0.15) is 68.7 Å². The molecule has 0 spiro atoms. The summed E-state index contributed by atoms with van der Waals surface area (Å²) >= 11 is 7.80. The Bertz CT molecular complexity index is 2430. The van der Waals surface area contributed by atoms with Gasteiger partial charge in [0.2, 0.25) is 0 Å². The molecule has 0 aromatic heterocycles. The molecule has 0 saturated heterocycles. The lowest BCUT2D eigenvalue weighted by atomic mass is 9.96. The van der Waals surface area contributed by atoms with Gasteiger partial charge >= 0.3 is 11.9 Å². The largest absolute Gasteiger partial charge is 0.495 e. The van der Waals surface area contributed by atoms with Crippen LogP contribution in [0.5, 0.6) is 11.5 Å². The zero-order valence-corrected chi connectivity index (χ0v) is 35.3. The lowest BCUT2D eigenvalue weighted by molar-refractivity contribution is 0.0594. The van der Waals surface area contributed by atoms with E-state index >= 15 is 0 Å². The first-order chi connectivity index (χ1) is 27.2. The van der Waals surface area contributed by atoms with Crippen LogP contribution in [-0.2, 0) is 35.2 Å². The van der Waals surface area contributed by atoms with E-state index in [1.807, 2.05) is 36.4 Å². The number of esters is 2. The maximum absolute atomic E-state index is 12.4. The Morgan fingerprint density at radius 1 is 0.464 bits per heavy atom. The van der Waals surface area contributed by atoms with E-state index in [1.54, 1.807) is 14.2 Å². The number of fused-ring (bicyclic) bond motifs is 4. The molecule has 286 valence electrons. The van der Waals surface area contributed by atoms with Crippen molar-refractivity contribution in [3.8, 4) is 11.5 Å². The van der Waals surface area contributed by atoms with Crippen LogP contribution in [0.3, 0.4) is 0 Å². The maximum Gasteiger partial charge on any atom is 0.338 e. The Morgan fingerprint density at radius 2 is 0.875 bits per heavy atom. The molecule has 0 atom stereocenters. The molecule has 0 heterocycles. The van der Waals surface area contributed by atoms with Gasteiger partial charge in [-0.15, -0.1) is 0 Å². The second-order valence-corrected chi connectivity index (χ2v) is 15.8.